The molecule has 122 valence electrons. The van der Waals surface area contributed by atoms with E-state index in [0.717, 1.165) is 23.0 Å². The standard InChI is InChI=1S/C16H24BrN3O2/c1-16(2,3)22-15(21)20-7-6-11(10-20)14(18)8-13-5-4-12(17)9-19-13/h4-5,9,11,14H,6-8,10,18H2,1-3H3. The first-order valence-electron chi connectivity index (χ1n) is 7.58. The van der Waals surface area contributed by atoms with E-state index >= 15 is 0 Å². The van der Waals surface area contributed by atoms with Gasteiger partial charge in [-0.3, -0.25) is 4.98 Å². The Balaban J connectivity index is 1.87. The maximum absolute atomic E-state index is 12.1. The fourth-order valence-electron chi connectivity index (χ4n) is 2.56. The van der Waals surface area contributed by atoms with Gasteiger partial charge in [0.2, 0.25) is 0 Å². The number of carbonyl (C=O) groups is 1. The largest absolute Gasteiger partial charge is 0.444 e. The minimum atomic E-state index is -0.460. The van der Waals surface area contributed by atoms with Crippen LogP contribution in [0.25, 0.3) is 0 Å². The maximum Gasteiger partial charge on any atom is 0.410 e. The van der Waals surface area contributed by atoms with Crippen molar-refractivity contribution >= 4 is 22.0 Å². The molecule has 5 nitrogen and oxygen atoms in total. The lowest BCUT2D eigenvalue weighted by Gasteiger charge is -2.25. The third-order valence-corrected chi connectivity index (χ3v) is 4.18. The second-order valence-electron chi connectivity index (χ2n) is 6.81. The average Bonchev–Trinajstić information content (AvgIpc) is 2.89. The normalized spacial score (nSPS) is 20.0. The number of aromatic nitrogens is 1. The zero-order chi connectivity index (χ0) is 16.3. The van der Waals surface area contributed by atoms with E-state index < -0.39 is 5.60 Å². The summed E-state index contributed by atoms with van der Waals surface area (Å²) >= 11 is 3.37. The minimum absolute atomic E-state index is 0.00103. The van der Waals surface area contributed by atoms with Crippen molar-refractivity contribution in [2.24, 2.45) is 11.7 Å². The number of rotatable bonds is 3. The summed E-state index contributed by atoms with van der Waals surface area (Å²) in [6.45, 7) is 7.00. The van der Waals surface area contributed by atoms with Gasteiger partial charge in [-0.2, -0.15) is 0 Å². The van der Waals surface area contributed by atoms with Crippen LogP contribution in [0.4, 0.5) is 4.79 Å². The number of ether oxygens (including phenoxy) is 1. The monoisotopic (exact) mass is 369 g/mol. The Morgan fingerprint density at radius 2 is 2.27 bits per heavy atom. The molecule has 0 spiro atoms. The molecule has 1 aromatic heterocycles. The van der Waals surface area contributed by atoms with Gasteiger partial charge in [-0.25, -0.2) is 4.79 Å². The highest BCUT2D eigenvalue weighted by Crippen LogP contribution is 2.23. The highest BCUT2D eigenvalue weighted by atomic mass is 79.9. The molecule has 0 saturated carbocycles. The van der Waals surface area contributed by atoms with Crippen LogP contribution in [0, 0.1) is 5.92 Å². The Hall–Kier alpha value is -1.14. The molecule has 1 saturated heterocycles. The van der Waals surface area contributed by atoms with Gasteiger partial charge in [0.25, 0.3) is 0 Å². The molecule has 1 aliphatic rings. The van der Waals surface area contributed by atoms with Crippen LogP contribution in [-0.4, -0.2) is 40.7 Å². The number of amides is 1. The summed E-state index contributed by atoms with van der Waals surface area (Å²) < 4.78 is 6.37. The molecule has 2 atom stereocenters. The van der Waals surface area contributed by atoms with Crippen molar-refractivity contribution in [1.29, 1.82) is 0 Å². The van der Waals surface area contributed by atoms with E-state index in [1.54, 1.807) is 11.1 Å². The molecule has 0 aliphatic carbocycles. The van der Waals surface area contributed by atoms with Gasteiger partial charge < -0.3 is 15.4 Å². The molecule has 2 unspecified atom stereocenters. The van der Waals surface area contributed by atoms with Crippen molar-refractivity contribution in [2.75, 3.05) is 13.1 Å². The maximum atomic E-state index is 12.1. The molecule has 1 fully saturated rings. The van der Waals surface area contributed by atoms with Crippen LogP contribution in [0.5, 0.6) is 0 Å². The summed E-state index contributed by atoms with van der Waals surface area (Å²) in [7, 11) is 0. The quantitative estimate of drug-likeness (QED) is 0.888. The molecule has 22 heavy (non-hydrogen) atoms. The zero-order valence-electron chi connectivity index (χ0n) is 13.4. The summed E-state index contributed by atoms with van der Waals surface area (Å²) in [6, 6.07) is 3.95. The summed E-state index contributed by atoms with van der Waals surface area (Å²) in [5.74, 6) is 0.290. The van der Waals surface area contributed by atoms with Gasteiger partial charge in [-0.15, -0.1) is 0 Å². The Morgan fingerprint density at radius 1 is 1.55 bits per heavy atom. The fourth-order valence-corrected chi connectivity index (χ4v) is 2.80. The zero-order valence-corrected chi connectivity index (χ0v) is 15.0. The smallest absolute Gasteiger partial charge is 0.410 e. The van der Waals surface area contributed by atoms with Crippen LogP contribution < -0.4 is 5.73 Å². The molecule has 2 heterocycles. The van der Waals surface area contributed by atoms with Gasteiger partial charge in [0, 0.05) is 41.9 Å². The van der Waals surface area contributed by atoms with Crippen molar-refractivity contribution in [3.05, 3.63) is 28.5 Å². The topological polar surface area (TPSA) is 68.5 Å². The highest BCUT2D eigenvalue weighted by Gasteiger charge is 2.32. The molecular formula is C16H24BrN3O2. The third-order valence-electron chi connectivity index (χ3n) is 3.72. The van der Waals surface area contributed by atoms with Crippen LogP contribution in [0.15, 0.2) is 22.8 Å². The summed E-state index contributed by atoms with van der Waals surface area (Å²) in [6.07, 6.45) is 3.17. The van der Waals surface area contributed by atoms with E-state index in [4.69, 9.17) is 10.5 Å². The van der Waals surface area contributed by atoms with Crippen LogP contribution in [0.1, 0.15) is 32.9 Å². The molecular weight excluding hydrogens is 346 g/mol. The van der Waals surface area contributed by atoms with Gasteiger partial charge in [-0.05, 0) is 61.2 Å². The first kappa shape index (κ1) is 17.2. The number of nitrogens with zero attached hydrogens (tertiary/aromatic N) is 2. The van der Waals surface area contributed by atoms with Gasteiger partial charge in [0.15, 0.2) is 0 Å². The fraction of sp³-hybridized carbons (Fsp3) is 0.625. The van der Waals surface area contributed by atoms with Crippen LogP contribution in [0.2, 0.25) is 0 Å². The summed E-state index contributed by atoms with van der Waals surface area (Å²) in [5, 5.41) is 0. The van der Waals surface area contributed by atoms with Gasteiger partial charge >= 0.3 is 6.09 Å². The molecule has 2 N–H and O–H groups in total. The Bertz CT molecular complexity index is 513. The SMILES string of the molecule is CC(C)(C)OC(=O)N1CCC(C(N)Cc2ccc(Br)cn2)C1. The highest BCUT2D eigenvalue weighted by molar-refractivity contribution is 9.10. The number of carbonyl (C=O) groups excluding carboxylic acids is 1. The van der Waals surface area contributed by atoms with E-state index in [9.17, 15) is 4.79 Å². The lowest BCUT2D eigenvalue weighted by Crippen LogP contribution is -2.38. The van der Waals surface area contributed by atoms with Gasteiger partial charge in [0.05, 0.1) is 0 Å². The Labute approximate surface area is 140 Å². The lowest BCUT2D eigenvalue weighted by atomic mass is 9.95. The lowest BCUT2D eigenvalue weighted by molar-refractivity contribution is 0.0286. The molecule has 0 aromatic carbocycles. The minimum Gasteiger partial charge on any atom is -0.444 e. The number of pyridine rings is 1. The van der Waals surface area contributed by atoms with Crippen molar-refractivity contribution in [3.63, 3.8) is 0 Å². The first-order valence-corrected chi connectivity index (χ1v) is 8.38. The Kier molecular flexibility index (Phi) is 5.45. The first-order chi connectivity index (χ1) is 10.2. The number of likely N-dealkylation sites (tertiary alicyclic amines) is 1. The predicted octanol–water partition coefficient (Wildman–Crippen LogP) is 2.97. The third kappa shape index (κ3) is 4.95. The summed E-state index contributed by atoms with van der Waals surface area (Å²) in [5.41, 5.74) is 6.83. The number of halogens is 1. The number of hydrogen-bond acceptors (Lipinski definition) is 4. The predicted molar refractivity (Wildman–Crippen MR) is 89.5 cm³/mol. The molecule has 1 aromatic rings. The number of hydrogen-bond donors (Lipinski definition) is 1. The average molecular weight is 370 g/mol. The molecule has 0 radical (unpaired) electrons. The molecule has 2 rings (SSSR count). The molecule has 1 aliphatic heterocycles. The van der Waals surface area contributed by atoms with E-state index in [0.29, 0.717) is 13.1 Å². The van der Waals surface area contributed by atoms with Crippen LogP contribution in [0.3, 0.4) is 0 Å². The van der Waals surface area contributed by atoms with Crippen molar-refractivity contribution < 1.29 is 9.53 Å². The van der Waals surface area contributed by atoms with Crippen molar-refractivity contribution in [2.45, 2.75) is 45.3 Å². The van der Waals surface area contributed by atoms with Crippen molar-refractivity contribution in [1.82, 2.24) is 9.88 Å². The second kappa shape index (κ2) is 6.96. The number of nitrogens with two attached hydrogens (primary N) is 1. The van der Waals surface area contributed by atoms with E-state index in [-0.39, 0.29) is 18.1 Å². The van der Waals surface area contributed by atoms with E-state index in [1.165, 1.54) is 0 Å². The molecule has 6 heteroatoms. The Morgan fingerprint density at radius 3 is 2.86 bits per heavy atom. The molecule has 0 bridgehead atoms. The van der Waals surface area contributed by atoms with Gasteiger partial charge in [-0.1, -0.05) is 0 Å². The second-order valence-corrected chi connectivity index (χ2v) is 7.73. The summed E-state index contributed by atoms with van der Waals surface area (Å²) in [4.78, 5) is 18.2. The van der Waals surface area contributed by atoms with Crippen LogP contribution >= 0.6 is 15.9 Å². The van der Waals surface area contributed by atoms with Gasteiger partial charge in [0.1, 0.15) is 5.60 Å². The molecule has 1 amide bonds. The van der Waals surface area contributed by atoms with Crippen LogP contribution in [-0.2, 0) is 11.2 Å². The van der Waals surface area contributed by atoms with E-state index in [2.05, 4.69) is 20.9 Å². The van der Waals surface area contributed by atoms with E-state index in [1.807, 2.05) is 32.9 Å². The van der Waals surface area contributed by atoms with Crippen molar-refractivity contribution in [3.8, 4) is 0 Å².